The number of urea groups is 1. The van der Waals surface area contributed by atoms with Gasteiger partial charge in [-0.25, -0.2) is 4.79 Å². The van der Waals surface area contributed by atoms with E-state index in [1.165, 1.54) is 19.3 Å². The Balaban J connectivity index is 1.86. The zero-order valence-electron chi connectivity index (χ0n) is 9.12. The average molecular weight is 196 g/mol. The van der Waals surface area contributed by atoms with E-state index < -0.39 is 0 Å². The lowest BCUT2D eigenvalue weighted by molar-refractivity contribution is 0.202. The number of hydrogen-bond acceptors (Lipinski definition) is 1. The molecule has 2 fully saturated rings. The normalized spacial score (nSPS) is 30.9. The van der Waals surface area contributed by atoms with Gasteiger partial charge in [-0.3, -0.25) is 0 Å². The van der Waals surface area contributed by atoms with Crippen molar-refractivity contribution in [3.05, 3.63) is 0 Å². The van der Waals surface area contributed by atoms with Gasteiger partial charge < -0.3 is 10.2 Å². The van der Waals surface area contributed by atoms with Crippen LogP contribution in [0, 0.1) is 11.8 Å². The van der Waals surface area contributed by atoms with Crippen molar-refractivity contribution in [3.63, 3.8) is 0 Å². The zero-order valence-corrected chi connectivity index (χ0v) is 9.12. The molecule has 14 heavy (non-hydrogen) atoms. The molecule has 0 radical (unpaired) electrons. The van der Waals surface area contributed by atoms with Gasteiger partial charge in [0.25, 0.3) is 0 Å². The highest BCUT2D eigenvalue weighted by Gasteiger charge is 2.37. The Morgan fingerprint density at radius 1 is 1.29 bits per heavy atom. The maximum absolute atomic E-state index is 11.7. The maximum Gasteiger partial charge on any atom is 0.317 e. The van der Waals surface area contributed by atoms with Crippen molar-refractivity contribution in [3.8, 4) is 0 Å². The lowest BCUT2D eigenvalue weighted by Crippen LogP contribution is -2.42. The molecule has 0 unspecified atom stereocenters. The van der Waals surface area contributed by atoms with Crippen molar-refractivity contribution in [2.45, 2.75) is 39.2 Å². The molecule has 0 aromatic rings. The first-order valence-electron chi connectivity index (χ1n) is 5.72. The highest BCUT2D eigenvalue weighted by atomic mass is 16.2. The summed E-state index contributed by atoms with van der Waals surface area (Å²) >= 11 is 0. The monoisotopic (exact) mass is 196 g/mol. The standard InChI is InChI=1S/C11H20N2O/c1-8(2)12-11(14)13-6-9-4-3-5-10(9)7-13/h8-10H,3-7H2,1-2H3,(H,12,14)/t9-,10+. The fraction of sp³-hybridized carbons (Fsp3) is 0.909. The van der Waals surface area contributed by atoms with Crippen LogP contribution in [-0.4, -0.2) is 30.1 Å². The van der Waals surface area contributed by atoms with Gasteiger partial charge in [0.1, 0.15) is 0 Å². The molecular weight excluding hydrogens is 176 g/mol. The molecular formula is C11H20N2O. The van der Waals surface area contributed by atoms with E-state index in [0.29, 0.717) is 0 Å². The molecule has 3 nitrogen and oxygen atoms in total. The molecule has 0 bridgehead atoms. The topological polar surface area (TPSA) is 32.3 Å². The number of amides is 2. The molecule has 1 heterocycles. The lowest BCUT2D eigenvalue weighted by Gasteiger charge is -2.19. The third-order valence-electron chi connectivity index (χ3n) is 3.43. The number of rotatable bonds is 1. The second-order valence-electron chi connectivity index (χ2n) is 4.96. The van der Waals surface area contributed by atoms with Crippen LogP contribution in [0.5, 0.6) is 0 Å². The number of carbonyl (C=O) groups excluding carboxylic acids is 1. The van der Waals surface area contributed by atoms with Gasteiger partial charge in [-0.1, -0.05) is 6.42 Å². The van der Waals surface area contributed by atoms with Gasteiger partial charge in [0.2, 0.25) is 0 Å². The average Bonchev–Trinajstić information content (AvgIpc) is 2.58. The second kappa shape index (κ2) is 3.79. The van der Waals surface area contributed by atoms with E-state index >= 15 is 0 Å². The summed E-state index contributed by atoms with van der Waals surface area (Å²) in [5.74, 6) is 1.60. The van der Waals surface area contributed by atoms with Crippen LogP contribution in [0.3, 0.4) is 0 Å². The first-order valence-corrected chi connectivity index (χ1v) is 5.72. The van der Waals surface area contributed by atoms with Crippen LogP contribution in [0.2, 0.25) is 0 Å². The van der Waals surface area contributed by atoms with Gasteiger partial charge in [-0.05, 0) is 38.5 Å². The SMILES string of the molecule is CC(C)NC(=O)N1C[C@H]2CCC[C@H]2C1. The van der Waals surface area contributed by atoms with E-state index in [1.807, 2.05) is 18.7 Å². The van der Waals surface area contributed by atoms with Crippen LogP contribution >= 0.6 is 0 Å². The summed E-state index contributed by atoms with van der Waals surface area (Å²) in [6.45, 7) is 6.00. The molecule has 1 aliphatic heterocycles. The number of likely N-dealkylation sites (tertiary alicyclic amines) is 1. The van der Waals surface area contributed by atoms with E-state index in [1.54, 1.807) is 0 Å². The second-order valence-corrected chi connectivity index (χ2v) is 4.96. The van der Waals surface area contributed by atoms with Gasteiger partial charge in [0.15, 0.2) is 0 Å². The molecule has 80 valence electrons. The third-order valence-corrected chi connectivity index (χ3v) is 3.43. The van der Waals surface area contributed by atoms with Gasteiger partial charge in [-0.2, -0.15) is 0 Å². The van der Waals surface area contributed by atoms with Crippen LogP contribution in [-0.2, 0) is 0 Å². The van der Waals surface area contributed by atoms with Crippen molar-refractivity contribution in [1.29, 1.82) is 0 Å². The predicted octanol–water partition coefficient (Wildman–Crippen LogP) is 1.84. The molecule has 2 amide bonds. The number of nitrogens with one attached hydrogen (secondary N) is 1. The highest BCUT2D eigenvalue weighted by Crippen LogP contribution is 2.37. The summed E-state index contributed by atoms with van der Waals surface area (Å²) in [4.78, 5) is 13.7. The summed E-state index contributed by atoms with van der Waals surface area (Å²) in [7, 11) is 0. The van der Waals surface area contributed by atoms with E-state index in [0.717, 1.165) is 24.9 Å². The van der Waals surface area contributed by atoms with Gasteiger partial charge in [0, 0.05) is 19.1 Å². The van der Waals surface area contributed by atoms with Crippen molar-refractivity contribution in [1.82, 2.24) is 10.2 Å². The van der Waals surface area contributed by atoms with Crippen molar-refractivity contribution in [2.75, 3.05) is 13.1 Å². The molecule has 2 atom stereocenters. The first kappa shape index (κ1) is 9.81. The molecule has 1 N–H and O–H groups in total. The fourth-order valence-electron chi connectivity index (χ4n) is 2.74. The number of carbonyl (C=O) groups is 1. The Morgan fingerprint density at radius 3 is 2.36 bits per heavy atom. The number of fused-ring (bicyclic) bond motifs is 1. The summed E-state index contributed by atoms with van der Waals surface area (Å²) in [5.41, 5.74) is 0. The molecule has 1 saturated carbocycles. The van der Waals surface area contributed by atoms with Crippen LogP contribution in [0.1, 0.15) is 33.1 Å². The first-order chi connectivity index (χ1) is 6.66. The summed E-state index contributed by atoms with van der Waals surface area (Å²) in [6.07, 6.45) is 4.03. The fourth-order valence-corrected chi connectivity index (χ4v) is 2.74. The van der Waals surface area contributed by atoms with Crippen molar-refractivity contribution < 1.29 is 4.79 Å². The summed E-state index contributed by atoms with van der Waals surface area (Å²) in [5, 5.41) is 2.96. The molecule has 2 aliphatic rings. The third kappa shape index (κ3) is 1.86. The molecule has 3 heteroatoms. The van der Waals surface area contributed by atoms with E-state index in [-0.39, 0.29) is 12.1 Å². The minimum absolute atomic E-state index is 0.134. The van der Waals surface area contributed by atoms with E-state index in [9.17, 15) is 4.79 Å². The summed E-state index contributed by atoms with van der Waals surface area (Å²) < 4.78 is 0. The zero-order chi connectivity index (χ0) is 10.1. The van der Waals surface area contributed by atoms with Crippen molar-refractivity contribution >= 4 is 6.03 Å². The Kier molecular flexibility index (Phi) is 2.66. The molecule has 1 saturated heterocycles. The Hall–Kier alpha value is -0.730. The Morgan fingerprint density at radius 2 is 1.86 bits per heavy atom. The number of hydrogen-bond donors (Lipinski definition) is 1. The Bertz CT molecular complexity index is 215. The highest BCUT2D eigenvalue weighted by molar-refractivity contribution is 5.74. The van der Waals surface area contributed by atoms with E-state index in [2.05, 4.69) is 5.32 Å². The molecule has 0 aromatic carbocycles. The summed E-state index contributed by atoms with van der Waals surface area (Å²) in [6, 6.07) is 0.386. The maximum atomic E-state index is 11.7. The predicted molar refractivity (Wildman–Crippen MR) is 56.1 cm³/mol. The molecule has 0 spiro atoms. The van der Waals surface area contributed by atoms with Crippen molar-refractivity contribution in [2.24, 2.45) is 11.8 Å². The number of nitrogens with zero attached hydrogens (tertiary/aromatic N) is 1. The Labute approximate surface area is 85.8 Å². The molecule has 0 aromatic heterocycles. The minimum Gasteiger partial charge on any atom is -0.336 e. The van der Waals surface area contributed by atoms with Gasteiger partial charge in [0.05, 0.1) is 0 Å². The minimum atomic E-state index is 0.134. The lowest BCUT2D eigenvalue weighted by atomic mass is 10.0. The van der Waals surface area contributed by atoms with Gasteiger partial charge >= 0.3 is 6.03 Å². The molecule has 1 aliphatic carbocycles. The van der Waals surface area contributed by atoms with Crippen LogP contribution in [0.4, 0.5) is 4.79 Å². The quantitative estimate of drug-likeness (QED) is 0.682. The van der Waals surface area contributed by atoms with Gasteiger partial charge in [-0.15, -0.1) is 0 Å². The van der Waals surface area contributed by atoms with Crippen LogP contribution in [0.25, 0.3) is 0 Å². The van der Waals surface area contributed by atoms with Crippen LogP contribution < -0.4 is 5.32 Å². The molecule has 2 rings (SSSR count). The largest absolute Gasteiger partial charge is 0.336 e. The smallest absolute Gasteiger partial charge is 0.317 e. The van der Waals surface area contributed by atoms with Crippen LogP contribution in [0.15, 0.2) is 0 Å². The van der Waals surface area contributed by atoms with E-state index in [4.69, 9.17) is 0 Å².